The smallest absolute Gasteiger partial charge is 0.312 e. The predicted octanol–water partition coefficient (Wildman–Crippen LogP) is 1.85. The van der Waals surface area contributed by atoms with Crippen LogP contribution in [0.25, 0.3) is 10.9 Å². The summed E-state index contributed by atoms with van der Waals surface area (Å²) in [6.07, 6.45) is 0. The number of nitrogens with zero attached hydrogens (tertiary/aromatic N) is 2. The Balaban J connectivity index is 1.74. The second-order valence-corrected chi connectivity index (χ2v) is 6.64. The summed E-state index contributed by atoms with van der Waals surface area (Å²) < 4.78 is 5.54. The van der Waals surface area contributed by atoms with Gasteiger partial charge in [-0.15, -0.1) is 0 Å². The minimum atomic E-state index is 0.231. The third-order valence-electron chi connectivity index (χ3n) is 3.94. The van der Waals surface area contributed by atoms with Crippen molar-refractivity contribution in [2.75, 3.05) is 17.2 Å². The molecule has 0 bridgehead atoms. The van der Waals surface area contributed by atoms with Gasteiger partial charge in [-0.1, -0.05) is 12.1 Å². The van der Waals surface area contributed by atoms with E-state index in [1.165, 1.54) is 0 Å². The highest BCUT2D eigenvalue weighted by molar-refractivity contribution is 7.80. The van der Waals surface area contributed by atoms with Crippen LogP contribution in [0.4, 0.5) is 11.6 Å². The van der Waals surface area contributed by atoms with Gasteiger partial charge in [-0.25, -0.2) is 20.3 Å². The van der Waals surface area contributed by atoms with Crippen LogP contribution >= 0.6 is 12.2 Å². The highest BCUT2D eigenvalue weighted by atomic mass is 32.1. The molecule has 0 spiro atoms. The van der Waals surface area contributed by atoms with Gasteiger partial charge in [0.1, 0.15) is 5.75 Å². The van der Waals surface area contributed by atoms with Crippen molar-refractivity contribution < 1.29 is 9.73 Å². The van der Waals surface area contributed by atoms with E-state index in [1.807, 2.05) is 63.2 Å². The highest BCUT2D eigenvalue weighted by Gasteiger charge is 2.10. The summed E-state index contributed by atoms with van der Waals surface area (Å²) in [7, 11) is 0. The number of nitrogens with one attached hydrogen (secondary N) is 3. The average molecular weight is 396 g/mol. The summed E-state index contributed by atoms with van der Waals surface area (Å²) in [4.78, 5) is 11.9. The Bertz CT molecular complexity index is 1050. The number of hydrogen-bond acceptors (Lipinski definition) is 4. The number of hydrogen-bond donors (Lipinski definition) is 4. The number of rotatable bonds is 4. The molecule has 0 atom stereocenters. The number of ether oxygens (including phenoxy) is 1. The zero-order chi connectivity index (χ0) is 20.1. The normalized spacial score (nSPS) is 11.3. The van der Waals surface area contributed by atoms with Crippen LogP contribution in [-0.2, 0) is 0 Å². The van der Waals surface area contributed by atoms with Gasteiger partial charge in [0.25, 0.3) is 11.1 Å². The second kappa shape index (κ2) is 8.62. The third kappa shape index (κ3) is 4.92. The summed E-state index contributed by atoms with van der Waals surface area (Å²) in [6, 6.07) is 13.6. The SMILES string of the molecule is CCOc1ccc2nc(NC(N)=[NH+]C(=S)Nc3cccc(C)c3)nc(C)c2c1. The number of aryl methyl sites for hydroxylation is 2. The number of benzene rings is 2. The van der Waals surface area contributed by atoms with E-state index in [4.69, 9.17) is 22.7 Å². The van der Waals surface area contributed by atoms with Crippen LogP contribution in [0.1, 0.15) is 18.2 Å². The van der Waals surface area contributed by atoms with Gasteiger partial charge < -0.3 is 10.5 Å². The molecule has 3 rings (SSSR count). The van der Waals surface area contributed by atoms with Gasteiger partial charge >= 0.3 is 5.96 Å². The molecule has 0 amide bonds. The van der Waals surface area contributed by atoms with Gasteiger partial charge in [0.05, 0.1) is 23.5 Å². The molecule has 0 fully saturated rings. The van der Waals surface area contributed by atoms with Gasteiger partial charge in [-0.3, -0.25) is 5.32 Å². The largest absolute Gasteiger partial charge is 0.494 e. The lowest BCUT2D eigenvalue weighted by Gasteiger charge is -2.08. The van der Waals surface area contributed by atoms with Gasteiger partial charge in [-0.05, 0) is 68.9 Å². The highest BCUT2D eigenvalue weighted by Crippen LogP contribution is 2.22. The summed E-state index contributed by atoms with van der Waals surface area (Å²) in [6.45, 7) is 6.49. The second-order valence-electron chi connectivity index (χ2n) is 6.23. The molecule has 7 nitrogen and oxygen atoms in total. The first-order chi connectivity index (χ1) is 13.4. The van der Waals surface area contributed by atoms with Crippen molar-refractivity contribution in [3.05, 3.63) is 53.7 Å². The fraction of sp³-hybridized carbons (Fsp3) is 0.200. The van der Waals surface area contributed by atoms with Crippen molar-refractivity contribution in [3.63, 3.8) is 0 Å². The van der Waals surface area contributed by atoms with E-state index < -0.39 is 0 Å². The predicted molar refractivity (Wildman–Crippen MR) is 117 cm³/mol. The fourth-order valence-electron chi connectivity index (χ4n) is 2.73. The van der Waals surface area contributed by atoms with E-state index in [1.54, 1.807) is 0 Å². The molecule has 2 aromatic carbocycles. The van der Waals surface area contributed by atoms with Crippen molar-refractivity contribution in [3.8, 4) is 5.75 Å². The summed E-state index contributed by atoms with van der Waals surface area (Å²) in [5, 5.41) is 7.33. The van der Waals surface area contributed by atoms with Crippen LogP contribution in [0, 0.1) is 13.8 Å². The Kier molecular flexibility index (Phi) is 6.00. The molecule has 28 heavy (non-hydrogen) atoms. The van der Waals surface area contributed by atoms with Crippen LogP contribution in [0.2, 0.25) is 0 Å². The van der Waals surface area contributed by atoms with E-state index in [0.29, 0.717) is 17.7 Å². The standard InChI is InChI=1S/C20H22N6OS/c1-4-27-15-8-9-17-16(11-15)13(3)22-19(24-17)25-18(21)26-20(28)23-14-7-5-6-12(2)10-14/h5-11H,4H2,1-3H3,(H4,21,22,23,24,25,26,28)/p+1. The molecule has 144 valence electrons. The van der Waals surface area contributed by atoms with Crippen molar-refractivity contribution in [2.45, 2.75) is 20.8 Å². The molecule has 1 heterocycles. The summed E-state index contributed by atoms with van der Waals surface area (Å²) in [5.74, 6) is 1.41. The number of aromatic nitrogens is 2. The minimum Gasteiger partial charge on any atom is -0.494 e. The fourth-order valence-corrected chi connectivity index (χ4v) is 2.96. The molecule has 1 aromatic heterocycles. The number of anilines is 2. The van der Waals surface area contributed by atoms with Crippen LogP contribution in [0.5, 0.6) is 5.75 Å². The first-order valence-electron chi connectivity index (χ1n) is 8.90. The van der Waals surface area contributed by atoms with Crippen molar-refractivity contribution in [1.29, 1.82) is 0 Å². The molecule has 5 N–H and O–H groups in total. The molecule has 8 heteroatoms. The molecule has 0 unspecified atom stereocenters. The molecule has 0 saturated heterocycles. The monoisotopic (exact) mass is 395 g/mol. The van der Waals surface area contributed by atoms with E-state index in [9.17, 15) is 0 Å². The van der Waals surface area contributed by atoms with Gasteiger partial charge in [0, 0.05) is 5.39 Å². The zero-order valence-electron chi connectivity index (χ0n) is 16.0. The van der Waals surface area contributed by atoms with Crippen molar-refractivity contribution >= 4 is 45.8 Å². The molecule has 0 aliphatic rings. The molecular formula is C20H23N6OS+. The molecule has 0 aliphatic carbocycles. The van der Waals surface area contributed by atoms with Crippen molar-refractivity contribution in [1.82, 2.24) is 9.97 Å². The van der Waals surface area contributed by atoms with Crippen LogP contribution in [-0.4, -0.2) is 27.6 Å². The Morgan fingerprint density at radius 2 is 1.96 bits per heavy atom. The van der Waals surface area contributed by atoms with E-state index in [2.05, 4.69) is 25.6 Å². The number of guanidine groups is 1. The lowest BCUT2D eigenvalue weighted by molar-refractivity contribution is -0.311. The van der Waals surface area contributed by atoms with Gasteiger partial charge in [0.15, 0.2) is 0 Å². The maximum atomic E-state index is 6.01. The molecule has 3 aromatic rings. The summed E-state index contributed by atoms with van der Waals surface area (Å²) in [5.41, 5.74) is 9.65. The van der Waals surface area contributed by atoms with E-state index in [-0.39, 0.29) is 5.96 Å². The Morgan fingerprint density at radius 1 is 1.14 bits per heavy atom. The molecular weight excluding hydrogens is 372 g/mol. The Labute approximate surface area is 169 Å². The average Bonchev–Trinajstić information content (AvgIpc) is 2.62. The number of fused-ring (bicyclic) bond motifs is 1. The topological polar surface area (TPSA) is 99.1 Å². The Hall–Kier alpha value is -3.26. The maximum Gasteiger partial charge on any atom is 0.312 e. The Morgan fingerprint density at radius 3 is 2.71 bits per heavy atom. The van der Waals surface area contributed by atoms with Crippen LogP contribution < -0.4 is 26.1 Å². The quantitative estimate of drug-likeness (QED) is 0.304. The first-order valence-corrected chi connectivity index (χ1v) is 9.30. The van der Waals surface area contributed by atoms with E-state index in [0.717, 1.165) is 33.6 Å². The van der Waals surface area contributed by atoms with Gasteiger partial charge in [-0.2, -0.15) is 0 Å². The van der Waals surface area contributed by atoms with Crippen LogP contribution in [0.15, 0.2) is 42.5 Å². The third-order valence-corrected chi connectivity index (χ3v) is 4.14. The summed E-state index contributed by atoms with van der Waals surface area (Å²) >= 11 is 5.30. The minimum absolute atomic E-state index is 0.231. The molecule has 0 aliphatic heterocycles. The lowest BCUT2D eigenvalue weighted by Crippen LogP contribution is -2.82. The van der Waals surface area contributed by atoms with Gasteiger partial charge in [0.2, 0.25) is 0 Å². The first kappa shape index (κ1) is 19.5. The lowest BCUT2D eigenvalue weighted by atomic mass is 10.2. The zero-order valence-corrected chi connectivity index (χ0v) is 16.9. The maximum absolute atomic E-state index is 6.01. The van der Waals surface area contributed by atoms with Crippen molar-refractivity contribution in [2.24, 2.45) is 5.73 Å². The number of nitrogens with two attached hydrogens (primary N) is 1. The molecule has 0 radical (unpaired) electrons. The van der Waals surface area contributed by atoms with E-state index >= 15 is 0 Å². The van der Waals surface area contributed by atoms with Crippen LogP contribution in [0.3, 0.4) is 0 Å². The number of thiocarbonyl (C=S) groups is 1. The molecule has 0 saturated carbocycles.